The Morgan fingerprint density at radius 2 is 2.24 bits per heavy atom. The number of fused-ring (bicyclic) bond motifs is 1. The molecule has 1 aromatic carbocycles. The molecule has 2 N–H and O–H groups in total. The predicted octanol–water partition coefficient (Wildman–Crippen LogP) is 2.08. The van der Waals surface area contributed by atoms with Crippen molar-refractivity contribution in [1.29, 1.82) is 0 Å². The quantitative estimate of drug-likeness (QED) is 0.803. The van der Waals surface area contributed by atoms with Gasteiger partial charge in [-0.15, -0.1) is 0 Å². The number of nitrogens with zero attached hydrogens (tertiary/aromatic N) is 1. The molecule has 0 aliphatic heterocycles. The molecular weight excluding hydrogens is 214 g/mol. The normalized spacial score (nSPS) is 13.1. The van der Waals surface area contributed by atoms with Gasteiger partial charge in [-0.05, 0) is 25.5 Å². The molecule has 0 saturated carbocycles. The summed E-state index contributed by atoms with van der Waals surface area (Å²) in [6, 6.07) is 8.51. The Bertz CT molecular complexity index is 433. The number of para-hydroxylation sites is 2. The average Bonchev–Trinajstić information content (AvgIpc) is 2.76. The van der Waals surface area contributed by atoms with Crippen LogP contribution >= 0.6 is 0 Å². The van der Waals surface area contributed by atoms with E-state index in [0.29, 0.717) is 6.04 Å². The van der Waals surface area contributed by atoms with Gasteiger partial charge in [0.05, 0.1) is 17.6 Å². The molecule has 1 atom stereocenters. The maximum Gasteiger partial charge on any atom is 0.121 e. The molecule has 1 heterocycles. The highest BCUT2D eigenvalue weighted by Gasteiger charge is 2.04. The number of aromatic nitrogens is 2. The minimum Gasteiger partial charge on any atom is -0.385 e. The highest BCUT2D eigenvalue weighted by Crippen LogP contribution is 2.10. The number of aromatic amines is 1. The first-order valence-corrected chi connectivity index (χ1v) is 5.95. The van der Waals surface area contributed by atoms with E-state index in [1.165, 1.54) is 0 Å². The summed E-state index contributed by atoms with van der Waals surface area (Å²) in [5.74, 6) is 0.982. The van der Waals surface area contributed by atoms with E-state index in [2.05, 4.69) is 22.2 Å². The van der Waals surface area contributed by atoms with Crippen LogP contribution in [0, 0.1) is 0 Å². The molecule has 0 amide bonds. The van der Waals surface area contributed by atoms with Crippen LogP contribution < -0.4 is 5.32 Å². The number of methoxy groups -OCH3 is 1. The summed E-state index contributed by atoms with van der Waals surface area (Å²) in [4.78, 5) is 7.82. The predicted molar refractivity (Wildman–Crippen MR) is 68.9 cm³/mol. The summed E-state index contributed by atoms with van der Waals surface area (Å²) < 4.78 is 5.05. The molecule has 92 valence electrons. The number of nitrogens with one attached hydrogen (secondary N) is 2. The number of benzene rings is 1. The van der Waals surface area contributed by atoms with Crippen LogP contribution in [0.2, 0.25) is 0 Å². The van der Waals surface area contributed by atoms with Crippen molar-refractivity contribution in [1.82, 2.24) is 15.3 Å². The lowest BCUT2D eigenvalue weighted by atomic mass is 10.2. The summed E-state index contributed by atoms with van der Waals surface area (Å²) in [7, 11) is 1.73. The van der Waals surface area contributed by atoms with E-state index in [0.717, 1.165) is 36.4 Å². The molecule has 0 aliphatic carbocycles. The first-order valence-electron chi connectivity index (χ1n) is 5.95. The van der Waals surface area contributed by atoms with E-state index >= 15 is 0 Å². The van der Waals surface area contributed by atoms with Gasteiger partial charge in [-0.1, -0.05) is 12.1 Å². The maximum atomic E-state index is 5.05. The lowest BCUT2D eigenvalue weighted by molar-refractivity contribution is 0.184. The van der Waals surface area contributed by atoms with Gasteiger partial charge in [0.2, 0.25) is 0 Å². The Morgan fingerprint density at radius 3 is 3.00 bits per heavy atom. The Hall–Kier alpha value is -1.39. The Labute approximate surface area is 101 Å². The molecule has 0 aliphatic rings. The van der Waals surface area contributed by atoms with E-state index in [1.807, 2.05) is 24.3 Å². The van der Waals surface area contributed by atoms with Gasteiger partial charge in [0, 0.05) is 19.8 Å². The smallest absolute Gasteiger partial charge is 0.121 e. The standard InChI is InChI=1S/C13H19N3O/c1-10(7-8-17-2)14-9-13-15-11-5-3-4-6-12(11)16-13/h3-6,10,14H,7-9H2,1-2H3,(H,15,16). The first-order chi connectivity index (χ1) is 8.29. The largest absolute Gasteiger partial charge is 0.385 e. The van der Waals surface area contributed by atoms with E-state index in [4.69, 9.17) is 4.74 Å². The molecule has 4 nitrogen and oxygen atoms in total. The average molecular weight is 233 g/mol. The molecule has 1 aromatic heterocycles. The topological polar surface area (TPSA) is 49.9 Å². The molecule has 17 heavy (non-hydrogen) atoms. The van der Waals surface area contributed by atoms with Crippen molar-refractivity contribution >= 4 is 11.0 Å². The second-order valence-electron chi connectivity index (χ2n) is 4.26. The van der Waals surface area contributed by atoms with Gasteiger partial charge in [-0.25, -0.2) is 4.98 Å². The zero-order valence-corrected chi connectivity index (χ0v) is 10.4. The third-order valence-corrected chi connectivity index (χ3v) is 2.81. The summed E-state index contributed by atoms with van der Waals surface area (Å²) in [5.41, 5.74) is 2.11. The van der Waals surface area contributed by atoms with Gasteiger partial charge in [0.1, 0.15) is 5.82 Å². The molecule has 0 bridgehead atoms. The van der Waals surface area contributed by atoms with Gasteiger partial charge in [0.25, 0.3) is 0 Å². The lowest BCUT2D eigenvalue weighted by Gasteiger charge is -2.11. The lowest BCUT2D eigenvalue weighted by Crippen LogP contribution is -2.27. The van der Waals surface area contributed by atoms with Crippen LogP contribution in [-0.2, 0) is 11.3 Å². The van der Waals surface area contributed by atoms with Gasteiger partial charge >= 0.3 is 0 Å². The van der Waals surface area contributed by atoms with Crippen molar-refractivity contribution in [3.05, 3.63) is 30.1 Å². The molecule has 2 aromatic rings. The summed E-state index contributed by atoms with van der Waals surface area (Å²) in [6.07, 6.45) is 1.01. The van der Waals surface area contributed by atoms with Crippen LogP contribution in [0.4, 0.5) is 0 Å². The fourth-order valence-corrected chi connectivity index (χ4v) is 1.76. The van der Waals surface area contributed by atoms with E-state index < -0.39 is 0 Å². The van der Waals surface area contributed by atoms with E-state index in [1.54, 1.807) is 7.11 Å². The number of imidazole rings is 1. The highest BCUT2D eigenvalue weighted by molar-refractivity contribution is 5.74. The second-order valence-corrected chi connectivity index (χ2v) is 4.26. The Morgan fingerprint density at radius 1 is 1.41 bits per heavy atom. The zero-order chi connectivity index (χ0) is 12.1. The van der Waals surface area contributed by atoms with Gasteiger partial charge in [0.15, 0.2) is 0 Å². The minimum absolute atomic E-state index is 0.433. The van der Waals surface area contributed by atoms with Crippen LogP contribution in [0.25, 0.3) is 11.0 Å². The molecule has 1 unspecified atom stereocenters. The van der Waals surface area contributed by atoms with Crippen molar-refractivity contribution in [2.75, 3.05) is 13.7 Å². The van der Waals surface area contributed by atoms with Crippen LogP contribution in [0.3, 0.4) is 0 Å². The molecule has 4 heteroatoms. The van der Waals surface area contributed by atoms with Gasteiger partial charge in [-0.3, -0.25) is 0 Å². The maximum absolute atomic E-state index is 5.05. The molecule has 0 radical (unpaired) electrons. The second kappa shape index (κ2) is 5.80. The third kappa shape index (κ3) is 3.28. The molecule has 0 fully saturated rings. The van der Waals surface area contributed by atoms with Crippen LogP contribution in [-0.4, -0.2) is 29.7 Å². The van der Waals surface area contributed by atoms with E-state index in [-0.39, 0.29) is 0 Å². The van der Waals surface area contributed by atoms with E-state index in [9.17, 15) is 0 Å². The van der Waals surface area contributed by atoms with Crippen molar-refractivity contribution < 1.29 is 4.74 Å². The van der Waals surface area contributed by atoms with Crippen LogP contribution in [0.1, 0.15) is 19.2 Å². The third-order valence-electron chi connectivity index (χ3n) is 2.81. The minimum atomic E-state index is 0.433. The fraction of sp³-hybridized carbons (Fsp3) is 0.462. The van der Waals surface area contributed by atoms with Crippen LogP contribution in [0.5, 0.6) is 0 Å². The summed E-state index contributed by atoms with van der Waals surface area (Å²) >= 11 is 0. The van der Waals surface area contributed by atoms with Crippen LogP contribution in [0.15, 0.2) is 24.3 Å². The summed E-state index contributed by atoms with van der Waals surface area (Å²) in [5, 5.41) is 3.42. The highest BCUT2D eigenvalue weighted by atomic mass is 16.5. The summed E-state index contributed by atoms with van der Waals surface area (Å²) in [6.45, 7) is 3.70. The Balaban J connectivity index is 1.90. The molecule has 0 saturated heterocycles. The van der Waals surface area contributed by atoms with Crippen molar-refractivity contribution in [2.24, 2.45) is 0 Å². The fourth-order valence-electron chi connectivity index (χ4n) is 1.76. The molecule has 0 spiro atoms. The molecule has 2 rings (SSSR count). The molecular formula is C13H19N3O. The number of hydrogen-bond donors (Lipinski definition) is 2. The van der Waals surface area contributed by atoms with Crippen molar-refractivity contribution in [2.45, 2.75) is 25.9 Å². The SMILES string of the molecule is COCCC(C)NCc1nc2ccccc2[nH]1. The van der Waals surface area contributed by atoms with Crippen molar-refractivity contribution in [3.63, 3.8) is 0 Å². The number of rotatable bonds is 6. The Kier molecular flexibility index (Phi) is 4.12. The number of H-pyrrole nitrogens is 1. The monoisotopic (exact) mass is 233 g/mol. The first kappa shape index (κ1) is 12.1. The van der Waals surface area contributed by atoms with Gasteiger partial charge < -0.3 is 15.0 Å². The number of ether oxygens (including phenoxy) is 1. The van der Waals surface area contributed by atoms with Gasteiger partial charge in [-0.2, -0.15) is 0 Å². The van der Waals surface area contributed by atoms with Crippen molar-refractivity contribution in [3.8, 4) is 0 Å². The number of hydrogen-bond acceptors (Lipinski definition) is 3. The zero-order valence-electron chi connectivity index (χ0n) is 10.4.